The third kappa shape index (κ3) is 22.2. The number of rotatable bonds is 17. The summed E-state index contributed by atoms with van der Waals surface area (Å²) in [6, 6.07) is -0.962. The van der Waals surface area contributed by atoms with Crippen molar-refractivity contribution in [3.8, 4) is 0 Å². The first-order chi connectivity index (χ1) is 18.5. The molecule has 0 fully saturated rings. The van der Waals surface area contributed by atoms with Crippen LogP contribution in [-0.4, -0.2) is 66.9 Å². The predicted octanol–water partition coefficient (Wildman–Crippen LogP) is 3.25. The van der Waals surface area contributed by atoms with Crippen LogP contribution >= 0.6 is 0 Å². The van der Waals surface area contributed by atoms with E-state index in [1.165, 1.54) is 0 Å². The van der Waals surface area contributed by atoms with Gasteiger partial charge in [0.15, 0.2) is 0 Å². The number of hydrazine groups is 1. The van der Waals surface area contributed by atoms with E-state index in [4.69, 9.17) is 15.2 Å². The van der Waals surface area contributed by atoms with Crippen molar-refractivity contribution >= 4 is 24.0 Å². The Morgan fingerprint density at radius 2 is 1.38 bits per heavy atom. The number of hydrogen-bond acceptors (Lipinski definition) is 8. The zero-order valence-corrected chi connectivity index (χ0v) is 26.0. The minimum Gasteiger partial charge on any atom is -0.444 e. The van der Waals surface area contributed by atoms with Gasteiger partial charge in [0.25, 0.3) is 5.91 Å². The van der Waals surface area contributed by atoms with Gasteiger partial charge in [-0.1, -0.05) is 20.3 Å². The van der Waals surface area contributed by atoms with Crippen molar-refractivity contribution in [2.24, 2.45) is 11.7 Å². The molecule has 12 heteroatoms. The maximum absolute atomic E-state index is 12.8. The summed E-state index contributed by atoms with van der Waals surface area (Å²) in [7, 11) is 0. The minimum absolute atomic E-state index is 0.0823. The van der Waals surface area contributed by atoms with Crippen LogP contribution in [0.5, 0.6) is 0 Å². The van der Waals surface area contributed by atoms with Crippen LogP contribution in [0.25, 0.3) is 0 Å². The Balaban J connectivity index is 4.77. The first-order valence-corrected chi connectivity index (χ1v) is 14.5. The fraction of sp³-hybridized carbons (Fsp3) is 0.857. The van der Waals surface area contributed by atoms with Gasteiger partial charge in [-0.25, -0.2) is 9.59 Å². The van der Waals surface area contributed by atoms with E-state index in [1.54, 1.807) is 20.8 Å². The van der Waals surface area contributed by atoms with Crippen LogP contribution in [0.1, 0.15) is 107 Å². The zero-order valence-electron chi connectivity index (χ0n) is 26.0. The molecule has 2 atom stereocenters. The lowest BCUT2D eigenvalue weighted by atomic mass is 10.0. The molecule has 234 valence electrons. The molecule has 0 aliphatic heterocycles. The molecule has 0 spiro atoms. The molecule has 0 radical (unpaired) electrons. The number of hydrogen-bond donors (Lipinski definition) is 6. The van der Waals surface area contributed by atoms with Crippen molar-refractivity contribution in [3.05, 3.63) is 0 Å². The Bertz CT molecular complexity index is 763. The van der Waals surface area contributed by atoms with E-state index in [-0.39, 0.29) is 18.4 Å². The second-order valence-electron chi connectivity index (χ2n) is 12.5. The van der Waals surface area contributed by atoms with E-state index in [9.17, 15) is 19.2 Å². The quantitative estimate of drug-likeness (QED) is 0.114. The molecule has 0 heterocycles. The number of amides is 4. The number of carbonyl (C=O) groups is 4. The van der Waals surface area contributed by atoms with Crippen LogP contribution in [0.4, 0.5) is 9.59 Å². The molecule has 0 saturated carbocycles. The number of alkyl carbamates (subject to hydrolysis) is 2. The van der Waals surface area contributed by atoms with Crippen molar-refractivity contribution in [1.82, 2.24) is 26.8 Å². The first-order valence-electron chi connectivity index (χ1n) is 14.5. The number of nitrogens with two attached hydrogens (primary N) is 1. The molecule has 0 aromatic rings. The third-order valence-electron chi connectivity index (χ3n) is 5.40. The summed E-state index contributed by atoms with van der Waals surface area (Å²) in [5.41, 5.74) is 9.00. The number of unbranched alkanes of at least 4 members (excludes halogenated alkanes) is 3. The number of nitrogens with one attached hydrogen (secondary N) is 5. The molecule has 0 rings (SSSR count). The normalized spacial score (nSPS) is 13.2. The fourth-order valence-electron chi connectivity index (χ4n) is 3.72. The Hall–Kier alpha value is -2.60. The van der Waals surface area contributed by atoms with E-state index in [2.05, 4.69) is 40.6 Å². The Labute approximate surface area is 241 Å². The number of carbonyl (C=O) groups excluding carboxylic acids is 4. The molecule has 12 nitrogen and oxygen atoms in total. The molecule has 0 saturated heterocycles. The molecule has 4 amide bonds. The first kappa shape index (κ1) is 37.4. The molecule has 2 unspecified atom stereocenters. The lowest BCUT2D eigenvalue weighted by Gasteiger charge is -2.25. The van der Waals surface area contributed by atoms with Crippen molar-refractivity contribution in [3.63, 3.8) is 0 Å². The van der Waals surface area contributed by atoms with Crippen LogP contribution < -0.4 is 32.5 Å². The molecule has 0 aromatic carbocycles. The van der Waals surface area contributed by atoms with E-state index in [1.807, 2.05) is 20.8 Å². The monoisotopic (exact) mass is 572 g/mol. The smallest absolute Gasteiger partial charge is 0.408 e. The van der Waals surface area contributed by atoms with Gasteiger partial charge >= 0.3 is 12.2 Å². The molecular formula is C28H56N6O6. The van der Waals surface area contributed by atoms with Crippen LogP contribution in [0.15, 0.2) is 0 Å². The van der Waals surface area contributed by atoms with Gasteiger partial charge < -0.3 is 31.2 Å². The predicted molar refractivity (Wildman–Crippen MR) is 156 cm³/mol. The molecule has 0 bridgehead atoms. The molecule has 0 aliphatic carbocycles. The summed E-state index contributed by atoms with van der Waals surface area (Å²) in [5.74, 6) is -0.430. The fourth-order valence-corrected chi connectivity index (χ4v) is 3.72. The van der Waals surface area contributed by atoms with Crippen LogP contribution in [0.3, 0.4) is 0 Å². The maximum Gasteiger partial charge on any atom is 0.408 e. The third-order valence-corrected chi connectivity index (χ3v) is 5.40. The Morgan fingerprint density at radius 3 is 1.93 bits per heavy atom. The van der Waals surface area contributed by atoms with E-state index >= 15 is 0 Å². The van der Waals surface area contributed by atoms with Gasteiger partial charge in [0.2, 0.25) is 5.91 Å². The maximum atomic E-state index is 12.8. The summed E-state index contributed by atoms with van der Waals surface area (Å²) in [6.07, 6.45) is 3.99. The minimum atomic E-state index is -0.880. The van der Waals surface area contributed by atoms with Crippen LogP contribution in [0.2, 0.25) is 0 Å². The second-order valence-corrected chi connectivity index (χ2v) is 12.5. The average Bonchev–Trinajstić information content (AvgIpc) is 2.78. The highest BCUT2D eigenvalue weighted by molar-refractivity contribution is 5.87. The lowest BCUT2D eigenvalue weighted by molar-refractivity contribution is -0.130. The summed E-state index contributed by atoms with van der Waals surface area (Å²) >= 11 is 0. The molecule has 40 heavy (non-hydrogen) atoms. The summed E-state index contributed by atoms with van der Waals surface area (Å²) in [4.78, 5) is 49.3. The lowest BCUT2D eigenvalue weighted by Crippen LogP contribution is -2.53. The van der Waals surface area contributed by atoms with Crippen LogP contribution in [-0.2, 0) is 19.1 Å². The topological polar surface area (TPSA) is 173 Å². The van der Waals surface area contributed by atoms with Gasteiger partial charge in [0.1, 0.15) is 17.2 Å². The van der Waals surface area contributed by atoms with Gasteiger partial charge in [-0.15, -0.1) is 0 Å². The van der Waals surface area contributed by atoms with Gasteiger partial charge in [-0.2, -0.15) is 0 Å². The highest BCUT2D eigenvalue weighted by atomic mass is 16.6. The summed E-state index contributed by atoms with van der Waals surface area (Å²) in [5, 5.41) is 8.90. The SMILES string of the molecule is CC(C)CC(CNCCCCC(NC(=O)OC(C)(C)C)C(=O)NNC(=O)CCCCCN)NC(=O)OC(C)(C)C. The number of ether oxygens (including phenoxy) is 2. The van der Waals surface area contributed by atoms with Gasteiger partial charge in [-0.3, -0.25) is 20.4 Å². The van der Waals surface area contributed by atoms with Gasteiger partial charge in [-0.05, 0) is 99.1 Å². The second kappa shape index (κ2) is 19.5. The largest absolute Gasteiger partial charge is 0.444 e. The van der Waals surface area contributed by atoms with Gasteiger partial charge in [0.05, 0.1) is 0 Å². The van der Waals surface area contributed by atoms with Crippen molar-refractivity contribution in [2.75, 3.05) is 19.6 Å². The van der Waals surface area contributed by atoms with E-state index < -0.39 is 35.3 Å². The van der Waals surface area contributed by atoms with Gasteiger partial charge in [0, 0.05) is 19.0 Å². The average molecular weight is 573 g/mol. The van der Waals surface area contributed by atoms with E-state index in [0.29, 0.717) is 44.8 Å². The Kier molecular flexibility index (Phi) is 18.2. The summed E-state index contributed by atoms with van der Waals surface area (Å²) in [6.45, 7) is 16.7. The van der Waals surface area contributed by atoms with Crippen molar-refractivity contribution < 1.29 is 28.7 Å². The molecule has 0 aromatic heterocycles. The Morgan fingerprint density at radius 1 is 0.775 bits per heavy atom. The molecular weight excluding hydrogens is 516 g/mol. The highest BCUT2D eigenvalue weighted by Gasteiger charge is 2.25. The van der Waals surface area contributed by atoms with Crippen molar-refractivity contribution in [1.29, 1.82) is 0 Å². The van der Waals surface area contributed by atoms with Crippen molar-refractivity contribution in [2.45, 2.75) is 130 Å². The molecule has 7 N–H and O–H groups in total. The zero-order chi connectivity index (χ0) is 30.8. The standard InChI is InChI=1S/C28H56N6O6/c1-20(2)18-21(31-25(37)39-27(3,4)5)19-30-17-13-11-14-22(32-26(38)40-28(6,7)8)24(36)34-33-23(35)15-10-9-12-16-29/h20-22,30H,9-19,29H2,1-8H3,(H,31,37)(H,32,38)(H,33,35)(H,34,36). The highest BCUT2D eigenvalue weighted by Crippen LogP contribution is 2.10. The van der Waals surface area contributed by atoms with Crippen LogP contribution in [0, 0.1) is 5.92 Å². The van der Waals surface area contributed by atoms with E-state index in [0.717, 1.165) is 25.7 Å². The molecule has 0 aliphatic rings. The summed E-state index contributed by atoms with van der Waals surface area (Å²) < 4.78 is 10.7.